The van der Waals surface area contributed by atoms with Crippen LogP contribution in [0.5, 0.6) is 5.75 Å². The summed E-state index contributed by atoms with van der Waals surface area (Å²) in [4.78, 5) is 4.84. The monoisotopic (exact) mass is 335 g/mol. The number of allylic oxidation sites excluding steroid dienone is 2. The van der Waals surface area contributed by atoms with Crippen LogP contribution in [0.1, 0.15) is 61.8 Å². The molecule has 0 spiro atoms. The van der Waals surface area contributed by atoms with E-state index in [4.69, 9.17) is 9.72 Å². The Labute approximate surface area is 151 Å². The van der Waals surface area contributed by atoms with E-state index in [0.717, 1.165) is 30.5 Å². The molecule has 0 saturated heterocycles. The highest BCUT2D eigenvalue weighted by atomic mass is 16.5. The van der Waals surface area contributed by atoms with Gasteiger partial charge in [0.25, 0.3) is 0 Å². The van der Waals surface area contributed by atoms with Gasteiger partial charge in [-0.25, -0.2) is 0 Å². The van der Waals surface area contributed by atoms with Crippen LogP contribution in [0.2, 0.25) is 0 Å². The van der Waals surface area contributed by atoms with Crippen LogP contribution < -0.4 is 4.74 Å². The minimum atomic E-state index is 0.505. The number of hydrogen-bond acceptors (Lipinski definition) is 2. The summed E-state index contributed by atoms with van der Waals surface area (Å²) < 4.78 is 6.02. The van der Waals surface area contributed by atoms with E-state index in [1.165, 1.54) is 39.6 Å². The molecule has 132 valence electrons. The lowest BCUT2D eigenvalue weighted by Gasteiger charge is -2.27. The van der Waals surface area contributed by atoms with Crippen LogP contribution in [0, 0.1) is 6.92 Å². The van der Waals surface area contributed by atoms with E-state index in [9.17, 15) is 0 Å². The lowest BCUT2D eigenvalue weighted by Crippen LogP contribution is -2.12. The molecular weight excluding hydrogens is 306 g/mol. The second-order valence-electron chi connectivity index (χ2n) is 7.45. The number of ether oxygens (including phenoxy) is 1. The maximum atomic E-state index is 6.02. The maximum Gasteiger partial charge on any atom is 0.124 e. The van der Waals surface area contributed by atoms with Gasteiger partial charge >= 0.3 is 0 Å². The molecule has 1 aromatic heterocycles. The second kappa shape index (κ2) is 7.43. The van der Waals surface area contributed by atoms with E-state index in [1.54, 1.807) is 0 Å². The summed E-state index contributed by atoms with van der Waals surface area (Å²) in [7, 11) is 0. The zero-order chi connectivity index (χ0) is 18.0. The van der Waals surface area contributed by atoms with Crippen molar-refractivity contribution in [1.82, 2.24) is 4.98 Å². The molecule has 1 aliphatic carbocycles. The molecule has 2 heteroatoms. The second-order valence-corrected chi connectivity index (χ2v) is 7.45. The van der Waals surface area contributed by atoms with E-state index in [0.29, 0.717) is 12.5 Å². The van der Waals surface area contributed by atoms with Gasteiger partial charge in [-0.1, -0.05) is 31.2 Å². The maximum absolute atomic E-state index is 6.02. The van der Waals surface area contributed by atoms with Crippen LogP contribution in [-0.4, -0.2) is 11.6 Å². The zero-order valence-electron chi connectivity index (χ0n) is 16.0. The molecule has 0 aliphatic heterocycles. The number of hydrogen-bond donors (Lipinski definition) is 0. The quantitative estimate of drug-likeness (QED) is 0.599. The van der Waals surface area contributed by atoms with Crippen molar-refractivity contribution in [1.29, 1.82) is 0 Å². The molecule has 1 aromatic carbocycles. The summed E-state index contributed by atoms with van der Waals surface area (Å²) in [6.07, 6.45) is 10.7. The van der Waals surface area contributed by atoms with Gasteiger partial charge < -0.3 is 4.74 Å². The Morgan fingerprint density at radius 1 is 1.40 bits per heavy atom. The van der Waals surface area contributed by atoms with Crippen LogP contribution in [0.15, 0.2) is 36.6 Å². The Kier molecular flexibility index (Phi) is 5.27. The lowest BCUT2D eigenvalue weighted by molar-refractivity contribution is 0.356. The Morgan fingerprint density at radius 3 is 2.92 bits per heavy atom. The Bertz CT molecular complexity index is 828. The summed E-state index contributed by atoms with van der Waals surface area (Å²) in [6.45, 7) is 13.1. The Hall–Kier alpha value is -2.09. The smallest absolute Gasteiger partial charge is 0.124 e. The third-order valence-corrected chi connectivity index (χ3v) is 5.17. The molecule has 1 aliphatic rings. The SMILES string of the molecule is C=CCOc1cc(C)c2ncc(CCC=C(C)C)c3c2c1[C@H](C)CC3. The van der Waals surface area contributed by atoms with Crippen molar-refractivity contribution in [3.63, 3.8) is 0 Å². The minimum absolute atomic E-state index is 0.505. The van der Waals surface area contributed by atoms with E-state index in [-0.39, 0.29) is 0 Å². The number of rotatable bonds is 6. The summed E-state index contributed by atoms with van der Waals surface area (Å²) in [5, 5.41) is 1.35. The van der Waals surface area contributed by atoms with E-state index in [1.807, 2.05) is 6.08 Å². The molecule has 2 nitrogen and oxygen atoms in total. The third kappa shape index (κ3) is 3.49. The normalized spacial score (nSPS) is 15.9. The lowest BCUT2D eigenvalue weighted by atomic mass is 9.80. The summed E-state index contributed by atoms with van der Waals surface area (Å²) in [6, 6.07) is 2.16. The van der Waals surface area contributed by atoms with Crippen molar-refractivity contribution in [2.24, 2.45) is 0 Å². The highest BCUT2D eigenvalue weighted by Crippen LogP contribution is 2.43. The molecule has 25 heavy (non-hydrogen) atoms. The minimum Gasteiger partial charge on any atom is -0.489 e. The highest BCUT2D eigenvalue weighted by molar-refractivity contribution is 5.92. The molecule has 0 saturated carbocycles. The van der Waals surface area contributed by atoms with Gasteiger partial charge in [0.05, 0.1) is 5.52 Å². The topological polar surface area (TPSA) is 22.1 Å². The van der Waals surface area contributed by atoms with Crippen LogP contribution in [0.25, 0.3) is 10.9 Å². The van der Waals surface area contributed by atoms with Gasteiger partial charge in [-0.2, -0.15) is 0 Å². The molecule has 0 bridgehead atoms. The fraction of sp³-hybridized carbons (Fsp3) is 0.435. The first-order valence-corrected chi connectivity index (χ1v) is 9.34. The fourth-order valence-corrected chi connectivity index (χ4v) is 3.92. The summed E-state index contributed by atoms with van der Waals surface area (Å²) in [5.41, 5.74) is 7.97. The van der Waals surface area contributed by atoms with Gasteiger partial charge in [0.2, 0.25) is 0 Å². The molecule has 0 N–H and O–H groups in total. The van der Waals surface area contributed by atoms with Gasteiger partial charge in [-0.3, -0.25) is 4.98 Å². The fourth-order valence-electron chi connectivity index (χ4n) is 3.92. The van der Waals surface area contributed by atoms with Crippen molar-refractivity contribution in [2.45, 2.75) is 59.3 Å². The van der Waals surface area contributed by atoms with E-state index >= 15 is 0 Å². The van der Waals surface area contributed by atoms with Crippen LogP contribution in [-0.2, 0) is 12.8 Å². The van der Waals surface area contributed by atoms with Gasteiger partial charge in [0.15, 0.2) is 0 Å². The van der Waals surface area contributed by atoms with Crippen molar-refractivity contribution in [2.75, 3.05) is 6.61 Å². The number of pyridine rings is 1. The Balaban J connectivity index is 2.15. The summed E-state index contributed by atoms with van der Waals surface area (Å²) >= 11 is 0. The average Bonchev–Trinajstić information content (AvgIpc) is 2.58. The molecule has 0 amide bonds. The average molecular weight is 335 g/mol. The molecule has 1 heterocycles. The van der Waals surface area contributed by atoms with Gasteiger partial charge in [-0.05, 0) is 75.1 Å². The highest BCUT2D eigenvalue weighted by Gasteiger charge is 2.26. The Morgan fingerprint density at radius 2 is 2.20 bits per heavy atom. The molecule has 3 rings (SSSR count). The van der Waals surface area contributed by atoms with Crippen molar-refractivity contribution >= 4 is 10.9 Å². The third-order valence-electron chi connectivity index (χ3n) is 5.17. The van der Waals surface area contributed by atoms with Gasteiger partial charge in [0, 0.05) is 17.1 Å². The molecule has 1 atom stereocenters. The van der Waals surface area contributed by atoms with Crippen molar-refractivity contribution in [3.8, 4) is 5.75 Å². The van der Waals surface area contributed by atoms with Gasteiger partial charge in [0.1, 0.15) is 12.4 Å². The molecular formula is C23H29NO. The van der Waals surface area contributed by atoms with E-state index in [2.05, 4.69) is 52.6 Å². The van der Waals surface area contributed by atoms with Gasteiger partial charge in [-0.15, -0.1) is 0 Å². The number of nitrogens with zero attached hydrogens (tertiary/aromatic N) is 1. The standard InChI is InChI=1S/C23H29NO/c1-6-12-25-20-13-17(5)23-22-19(11-10-16(4)21(20)22)18(14-24-23)9-7-8-15(2)3/h6,8,13-14,16H,1,7,9-12H2,2-5H3/t16-/m1/s1. The predicted molar refractivity (Wildman–Crippen MR) is 107 cm³/mol. The van der Waals surface area contributed by atoms with Crippen LogP contribution in [0.4, 0.5) is 0 Å². The molecule has 2 aromatic rings. The first-order chi connectivity index (χ1) is 12.0. The van der Waals surface area contributed by atoms with Crippen molar-refractivity contribution < 1.29 is 4.74 Å². The number of aryl methyl sites for hydroxylation is 3. The van der Waals surface area contributed by atoms with Crippen LogP contribution >= 0.6 is 0 Å². The zero-order valence-corrected chi connectivity index (χ0v) is 16.0. The summed E-state index contributed by atoms with van der Waals surface area (Å²) in [5.74, 6) is 1.52. The molecule has 0 unspecified atom stereocenters. The number of benzene rings is 1. The van der Waals surface area contributed by atoms with Crippen LogP contribution in [0.3, 0.4) is 0 Å². The molecule has 0 fully saturated rings. The predicted octanol–water partition coefficient (Wildman–Crippen LogP) is 6.06. The van der Waals surface area contributed by atoms with Crippen molar-refractivity contribution in [3.05, 3.63) is 58.8 Å². The first-order valence-electron chi connectivity index (χ1n) is 9.34. The van der Waals surface area contributed by atoms with E-state index < -0.39 is 0 Å². The molecule has 0 radical (unpaired) electrons. The first kappa shape index (κ1) is 17.7. The largest absolute Gasteiger partial charge is 0.489 e. The number of aromatic nitrogens is 1.